The highest BCUT2D eigenvalue weighted by Crippen LogP contribution is 2.12. The van der Waals surface area contributed by atoms with Crippen LogP contribution in [0.3, 0.4) is 0 Å². The normalized spacial score (nSPS) is 11.9. The van der Waals surface area contributed by atoms with Gasteiger partial charge >= 0.3 is 5.97 Å². The van der Waals surface area contributed by atoms with E-state index in [1.54, 1.807) is 30.3 Å². The molecule has 0 bridgehead atoms. The smallest absolute Gasteiger partial charge is 0.326 e. The fraction of sp³-hybridized carbons (Fsp3) is 0.111. The molecule has 1 amide bonds. The predicted molar refractivity (Wildman–Crippen MR) is 93.6 cm³/mol. The Hall–Kier alpha value is -2.99. The first kappa shape index (κ1) is 16.9. The zero-order chi connectivity index (χ0) is 17.8. The van der Waals surface area contributed by atoms with Crippen LogP contribution in [0.2, 0.25) is 5.15 Å². The van der Waals surface area contributed by atoms with E-state index in [-0.39, 0.29) is 12.1 Å². The van der Waals surface area contributed by atoms with Gasteiger partial charge in [0.15, 0.2) is 0 Å². The Bertz CT molecular complexity index is 928. The van der Waals surface area contributed by atoms with Crippen molar-refractivity contribution in [3.05, 3.63) is 71.1 Å². The third-order valence-corrected chi connectivity index (χ3v) is 3.89. The highest BCUT2D eigenvalue weighted by molar-refractivity contribution is 6.29. The second-order valence-corrected chi connectivity index (χ2v) is 5.83. The molecule has 2 aromatic heterocycles. The van der Waals surface area contributed by atoms with E-state index in [1.807, 2.05) is 18.2 Å². The summed E-state index contributed by atoms with van der Waals surface area (Å²) in [4.78, 5) is 32.0. The third-order valence-electron chi connectivity index (χ3n) is 3.66. The molecule has 0 saturated carbocycles. The Morgan fingerprint density at radius 3 is 2.64 bits per heavy atom. The van der Waals surface area contributed by atoms with Gasteiger partial charge in [-0.25, -0.2) is 14.8 Å². The highest BCUT2D eigenvalue weighted by atomic mass is 35.5. The maximum absolute atomic E-state index is 12.4. The van der Waals surface area contributed by atoms with Crippen LogP contribution in [0.25, 0.3) is 10.9 Å². The van der Waals surface area contributed by atoms with Gasteiger partial charge in [-0.05, 0) is 23.8 Å². The molecule has 0 fully saturated rings. The first-order valence-electron chi connectivity index (χ1n) is 7.53. The molecule has 2 heterocycles. The van der Waals surface area contributed by atoms with Gasteiger partial charge in [-0.15, -0.1) is 0 Å². The number of carboxylic acid groups (broad SMARTS) is 1. The zero-order valence-electron chi connectivity index (χ0n) is 13.0. The van der Waals surface area contributed by atoms with Crippen LogP contribution in [-0.2, 0) is 11.2 Å². The minimum Gasteiger partial charge on any atom is -0.480 e. The molecule has 126 valence electrons. The van der Waals surface area contributed by atoms with Gasteiger partial charge in [-0.2, -0.15) is 0 Å². The molecule has 0 radical (unpaired) electrons. The molecule has 0 saturated heterocycles. The van der Waals surface area contributed by atoms with Gasteiger partial charge in [-0.3, -0.25) is 4.79 Å². The number of carbonyl (C=O) groups is 2. The monoisotopic (exact) mass is 355 g/mol. The number of carbonyl (C=O) groups excluding carboxylic acids is 1. The summed E-state index contributed by atoms with van der Waals surface area (Å²) in [5.74, 6) is -1.68. The molecule has 0 spiro atoms. The number of hydrogen-bond acceptors (Lipinski definition) is 4. The molecular weight excluding hydrogens is 342 g/mol. The number of halogens is 1. The average Bonchev–Trinajstić information content (AvgIpc) is 2.62. The van der Waals surface area contributed by atoms with Crippen LogP contribution in [0.5, 0.6) is 0 Å². The number of nitrogens with one attached hydrogen (secondary N) is 1. The molecule has 0 aliphatic carbocycles. The number of carboxylic acids is 1. The number of benzene rings is 1. The van der Waals surface area contributed by atoms with Gasteiger partial charge in [0.05, 0.1) is 5.52 Å². The van der Waals surface area contributed by atoms with E-state index < -0.39 is 17.9 Å². The van der Waals surface area contributed by atoms with Crippen molar-refractivity contribution in [3.8, 4) is 0 Å². The van der Waals surface area contributed by atoms with Crippen molar-refractivity contribution in [2.24, 2.45) is 0 Å². The minimum absolute atomic E-state index is 0.0961. The molecule has 3 rings (SSSR count). The van der Waals surface area contributed by atoms with Crippen molar-refractivity contribution < 1.29 is 14.7 Å². The van der Waals surface area contributed by atoms with E-state index in [9.17, 15) is 14.7 Å². The summed E-state index contributed by atoms with van der Waals surface area (Å²) < 4.78 is 0. The Labute approximate surface area is 148 Å². The molecule has 25 heavy (non-hydrogen) atoms. The number of fused-ring (bicyclic) bond motifs is 1. The third kappa shape index (κ3) is 4.10. The van der Waals surface area contributed by atoms with Gasteiger partial charge in [0.2, 0.25) is 0 Å². The topological polar surface area (TPSA) is 92.2 Å². The van der Waals surface area contributed by atoms with E-state index in [0.717, 1.165) is 5.39 Å². The molecular formula is C18H14ClN3O3. The van der Waals surface area contributed by atoms with Crippen LogP contribution in [0, 0.1) is 0 Å². The Morgan fingerprint density at radius 1 is 1.12 bits per heavy atom. The van der Waals surface area contributed by atoms with Gasteiger partial charge in [0.1, 0.15) is 16.9 Å². The lowest BCUT2D eigenvalue weighted by atomic mass is 10.1. The van der Waals surface area contributed by atoms with Gasteiger partial charge in [-0.1, -0.05) is 41.9 Å². The molecule has 1 atom stereocenters. The fourth-order valence-electron chi connectivity index (χ4n) is 2.39. The SMILES string of the molecule is O=C(N[C@@H](Cc1ccc(Cl)nc1)C(=O)O)c1ccc2ccccc2n1. The summed E-state index contributed by atoms with van der Waals surface area (Å²) in [7, 11) is 0. The van der Waals surface area contributed by atoms with Crippen molar-refractivity contribution in [2.45, 2.75) is 12.5 Å². The van der Waals surface area contributed by atoms with Crippen LogP contribution in [-0.4, -0.2) is 33.0 Å². The lowest BCUT2D eigenvalue weighted by Gasteiger charge is -2.14. The predicted octanol–water partition coefficient (Wildman–Crippen LogP) is 2.71. The summed E-state index contributed by atoms with van der Waals surface area (Å²) in [6.07, 6.45) is 1.58. The van der Waals surface area contributed by atoms with E-state index >= 15 is 0 Å². The number of pyridine rings is 2. The maximum atomic E-state index is 12.4. The largest absolute Gasteiger partial charge is 0.480 e. The number of aliphatic carboxylic acids is 1. The quantitative estimate of drug-likeness (QED) is 0.686. The Morgan fingerprint density at radius 2 is 1.92 bits per heavy atom. The minimum atomic E-state index is -1.14. The number of amides is 1. The molecule has 1 aromatic carbocycles. The van der Waals surface area contributed by atoms with E-state index in [4.69, 9.17) is 11.6 Å². The number of nitrogens with zero attached hydrogens (tertiary/aromatic N) is 2. The van der Waals surface area contributed by atoms with Crippen LogP contribution in [0.1, 0.15) is 16.1 Å². The van der Waals surface area contributed by atoms with Gasteiger partial charge in [0, 0.05) is 18.0 Å². The molecule has 0 unspecified atom stereocenters. The number of hydrogen-bond donors (Lipinski definition) is 2. The second kappa shape index (κ2) is 7.27. The first-order chi connectivity index (χ1) is 12.0. The average molecular weight is 356 g/mol. The molecule has 0 aliphatic rings. The summed E-state index contributed by atoms with van der Waals surface area (Å²) in [5, 5.41) is 13.1. The molecule has 6 nitrogen and oxygen atoms in total. The molecule has 7 heteroatoms. The van der Waals surface area contributed by atoms with Crippen molar-refractivity contribution in [1.82, 2.24) is 15.3 Å². The van der Waals surface area contributed by atoms with Crippen molar-refractivity contribution in [1.29, 1.82) is 0 Å². The van der Waals surface area contributed by atoms with Crippen LogP contribution in [0.15, 0.2) is 54.7 Å². The fourth-order valence-corrected chi connectivity index (χ4v) is 2.50. The Kier molecular flexibility index (Phi) is 4.90. The molecule has 3 aromatic rings. The van der Waals surface area contributed by atoms with E-state index in [0.29, 0.717) is 16.2 Å². The van der Waals surface area contributed by atoms with Crippen molar-refractivity contribution >= 4 is 34.4 Å². The lowest BCUT2D eigenvalue weighted by Crippen LogP contribution is -2.42. The summed E-state index contributed by atoms with van der Waals surface area (Å²) in [6.45, 7) is 0. The number of para-hydroxylation sites is 1. The second-order valence-electron chi connectivity index (χ2n) is 5.45. The number of rotatable bonds is 5. The highest BCUT2D eigenvalue weighted by Gasteiger charge is 2.22. The van der Waals surface area contributed by atoms with Gasteiger partial charge in [0.25, 0.3) is 5.91 Å². The van der Waals surface area contributed by atoms with E-state index in [2.05, 4.69) is 15.3 Å². The van der Waals surface area contributed by atoms with Gasteiger partial charge < -0.3 is 10.4 Å². The van der Waals surface area contributed by atoms with Crippen LogP contribution in [0.4, 0.5) is 0 Å². The molecule has 0 aliphatic heterocycles. The molecule has 2 N–H and O–H groups in total. The van der Waals surface area contributed by atoms with E-state index in [1.165, 1.54) is 6.20 Å². The van der Waals surface area contributed by atoms with Crippen molar-refractivity contribution in [2.75, 3.05) is 0 Å². The van der Waals surface area contributed by atoms with Crippen LogP contribution >= 0.6 is 11.6 Å². The summed E-state index contributed by atoms with van der Waals surface area (Å²) >= 11 is 5.72. The lowest BCUT2D eigenvalue weighted by molar-refractivity contribution is -0.139. The number of aromatic nitrogens is 2. The van der Waals surface area contributed by atoms with Crippen molar-refractivity contribution in [3.63, 3.8) is 0 Å². The first-order valence-corrected chi connectivity index (χ1v) is 7.90. The zero-order valence-corrected chi connectivity index (χ0v) is 13.8. The Balaban J connectivity index is 1.77. The van der Waals surface area contributed by atoms with Crippen LogP contribution < -0.4 is 5.32 Å². The summed E-state index contributed by atoms with van der Waals surface area (Å²) in [6, 6.07) is 12.9. The maximum Gasteiger partial charge on any atom is 0.326 e. The standard InChI is InChI=1S/C18H14ClN3O3/c19-16-8-5-11(10-20-16)9-15(18(24)25)22-17(23)14-7-6-12-3-1-2-4-13(12)21-14/h1-8,10,15H,9H2,(H,22,23)(H,24,25)/t15-/m0/s1. The summed E-state index contributed by atoms with van der Waals surface area (Å²) in [5.41, 5.74) is 1.49.